The number of nitrogens with one attached hydrogen (secondary N) is 1. The largest absolute Gasteiger partial charge is 0.448 e. The highest BCUT2D eigenvalue weighted by atomic mass is 32.2. The van der Waals surface area contributed by atoms with Crippen LogP contribution in [-0.4, -0.2) is 38.7 Å². The quantitative estimate of drug-likeness (QED) is 0.747. The summed E-state index contributed by atoms with van der Waals surface area (Å²) >= 11 is 0. The highest BCUT2D eigenvalue weighted by Gasteiger charge is 2.29. The summed E-state index contributed by atoms with van der Waals surface area (Å²) in [5, 5.41) is 1.83. The Bertz CT molecular complexity index is 727. The van der Waals surface area contributed by atoms with Gasteiger partial charge in [0.1, 0.15) is 0 Å². The molecule has 8 nitrogen and oxygen atoms in total. The minimum absolute atomic E-state index is 0.187. The first-order valence-electron chi connectivity index (χ1n) is 6.64. The number of rotatable bonds is 5. The molecule has 0 radical (unpaired) electrons. The zero-order chi connectivity index (χ0) is 17.8. The van der Waals surface area contributed by atoms with Crippen molar-refractivity contribution in [3.8, 4) is 0 Å². The van der Waals surface area contributed by atoms with Crippen LogP contribution in [0.2, 0.25) is 0 Å². The monoisotopic (exact) mass is 342 g/mol. The first kappa shape index (κ1) is 18.6. The molecular formula is C14H18N2O6S. The van der Waals surface area contributed by atoms with Crippen LogP contribution in [0.25, 0.3) is 0 Å². The van der Waals surface area contributed by atoms with Crippen LogP contribution in [0.3, 0.4) is 0 Å². The maximum absolute atomic E-state index is 12.2. The van der Waals surface area contributed by atoms with E-state index in [1.165, 1.54) is 24.3 Å². The zero-order valence-electron chi connectivity index (χ0n) is 12.9. The molecule has 0 aromatic heterocycles. The van der Waals surface area contributed by atoms with Gasteiger partial charge in [-0.05, 0) is 18.1 Å². The number of amides is 3. The molecule has 1 aromatic rings. The summed E-state index contributed by atoms with van der Waals surface area (Å²) in [5.41, 5.74) is 4.68. The van der Waals surface area contributed by atoms with E-state index in [-0.39, 0.29) is 10.5 Å². The van der Waals surface area contributed by atoms with Crippen molar-refractivity contribution in [2.24, 2.45) is 11.7 Å². The lowest BCUT2D eigenvalue weighted by Gasteiger charge is -2.20. The van der Waals surface area contributed by atoms with Crippen molar-refractivity contribution in [2.75, 3.05) is 6.26 Å². The average Bonchev–Trinajstić information content (AvgIpc) is 2.42. The van der Waals surface area contributed by atoms with Crippen LogP contribution in [0.5, 0.6) is 0 Å². The molecule has 23 heavy (non-hydrogen) atoms. The summed E-state index contributed by atoms with van der Waals surface area (Å²) in [6, 6.07) is 4.40. The Balaban J connectivity index is 3.10. The van der Waals surface area contributed by atoms with E-state index in [0.29, 0.717) is 0 Å². The van der Waals surface area contributed by atoms with Crippen LogP contribution in [0, 0.1) is 5.92 Å². The molecule has 9 heteroatoms. The number of esters is 1. The third-order valence-electron chi connectivity index (χ3n) is 2.85. The van der Waals surface area contributed by atoms with Gasteiger partial charge in [-0.2, -0.15) is 0 Å². The molecule has 0 spiro atoms. The van der Waals surface area contributed by atoms with Crippen LogP contribution in [-0.2, 0) is 19.4 Å². The van der Waals surface area contributed by atoms with Crippen LogP contribution in [0.4, 0.5) is 4.79 Å². The summed E-state index contributed by atoms with van der Waals surface area (Å²) in [4.78, 5) is 34.6. The second kappa shape index (κ2) is 7.23. The fourth-order valence-corrected chi connectivity index (χ4v) is 2.70. The Morgan fingerprint density at radius 1 is 1.17 bits per heavy atom. The molecule has 126 valence electrons. The number of nitrogens with two attached hydrogens (primary N) is 1. The van der Waals surface area contributed by atoms with E-state index in [1.54, 1.807) is 13.8 Å². The molecule has 0 saturated heterocycles. The molecule has 0 aliphatic heterocycles. The molecule has 3 amide bonds. The smallest absolute Gasteiger partial charge is 0.340 e. The van der Waals surface area contributed by atoms with Gasteiger partial charge < -0.3 is 10.5 Å². The normalized spacial score (nSPS) is 12.5. The number of urea groups is 1. The minimum atomic E-state index is -3.65. The summed E-state index contributed by atoms with van der Waals surface area (Å²) in [6.45, 7) is 3.20. The number of imide groups is 1. The van der Waals surface area contributed by atoms with Gasteiger partial charge in [-0.3, -0.25) is 10.1 Å². The highest BCUT2D eigenvalue weighted by Crippen LogP contribution is 2.18. The van der Waals surface area contributed by atoms with Crippen LogP contribution >= 0.6 is 0 Å². The zero-order valence-corrected chi connectivity index (χ0v) is 13.7. The second-order valence-corrected chi connectivity index (χ2v) is 7.18. The van der Waals surface area contributed by atoms with Gasteiger partial charge in [0, 0.05) is 6.26 Å². The third kappa shape index (κ3) is 5.06. The van der Waals surface area contributed by atoms with Crippen molar-refractivity contribution >= 4 is 27.7 Å². The summed E-state index contributed by atoms with van der Waals surface area (Å²) in [7, 11) is -3.65. The number of hydrogen-bond acceptors (Lipinski definition) is 6. The van der Waals surface area contributed by atoms with Gasteiger partial charge in [-0.25, -0.2) is 18.0 Å². The van der Waals surface area contributed by atoms with Gasteiger partial charge in [0.2, 0.25) is 0 Å². The maximum atomic E-state index is 12.2. The van der Waals surface area contributed by atoms with Gasteiger partial charge in [-0.1, -0.05) is 26.0 Å². The number of hydrogen-bond donors (Lipinski definition) is 2. The fourth-order valence-electron chi connectivity index (χ4n) is 1.82. The van der Waals surface area contributed by atoms with Crippen molar-refractivity contribution in [3.63, 3.8) is 0 Å². The van der Waals surface area contributed by atoms with E-state index in [9.17, 15) is 22.8 Å². The van der Waals surface area contributed by atoms with Crippen molar-refractivity contribution < 1.29 is 27.5 Å². The molecule has 0 heterocycles. The number of carbonyl (C=O) groups excluding carboxylic acids is 3. The molecule has 0 fully saturated rings. The molecule has 0 unspecified atom stereocenters. The van der Waals surface area contributed by atoms with E-state index < -0.39 is 39.8 Å². The van der Waals surface area contributed by atoms with Gasteiger partial charge in [0.25, 0.3) is 5.91 Å². The van der Waals surface area contributed by atoms with E-state index in [2.05, 4.69) is 0 Å². The molecule has 0 saturated carbocycles. The Kier molecular flexibility index (Phi) is 5.85. The maximum Gasteiger partial charge on any atom is 0.340 e. The molecule has 0 bridgehead atoms. The van der Waals surface area contributed by atoms with Crippen LogP contribution < -0.4 is 11.1 Å². The molecule has 1 rings (SSSR count). The Hall–Kier alpha value is -2.42. The number of primary amides is 1. The molecule has 0 aliphatic carbocycles. The second-order valence-electron chi connectivity index (χ2n) is 5.19. The minimum Gasteiger partial charge on any atom is -0.448 e. The molecule has 1 atom stereocenters. The van der Waals surface area contributed by atoms with Crippen LogP contribution in [0.1, 0.15) is 24.2 Å². The van der Waals surface area contributed by atoms with Gasteiger partial charge in [0.15, 0.2) is 15.9 Å². The number of ether oxygens (including phenoxy) is 1. The lowest BCUT2D eigenvalue weighted by atomic mass is 10.1. The first-order valence-corrected chi connectivity index (χ1v) is 8.53. The summed E-state index contributed by atoms with van der Waals surface area (Å²) in [6.07, 6.45) is -0.332. The number of sulfone groups is 1. The Morgan fingerprint density at radius 2 is 1.74 bits per heavy atom. The predicted molar refractivity (Wildman–Crippen MR) is 81.3 cm³/mol. The summed E-state index contributed by atoms with van der Waals surface area (Å²) in [5.74, 6) is -2.31. The molecule has 3 N–H and O–H groups in total. The van der Waals surface area contributed by atoms with Crippen molar-refractivity contribution in [1.82, 2.24) is 5.32 Å². The predicted octanol–water partition coefficient (Wildman–Crippen LogP) is 0.466. The van der Waals surface area contributed by atoms with E-state index >= 15 is 0 Å². The standard InChI is InChI=1S/C14H18N2O6S/c1-8(2)11(12(17)16-14(15)19)22-13(18)9-6-4-5-7-10(9)23(3,20)21/h4-8,11H,1-3H3,(H3,15,16,17,19)/t11-/m0/s1. The van der Waals surface area contributed by atoms with Gasteiger partial charge in [-0.15, -0.1) is 0 Å². The van der Waals surface area contributed by atoms with Gasteiger partial charge in [0.05, 0.1) is 10.5 Å². The number of carbonyl (C=O) groups is 3. The molecule has 1 aromatic carbocycles. The number of benzene rings is 1. The topological polar surface area (TPSA) is 133 Å². The van der Waals surface area contributed by atoms with Gasteiger partial charge >= 0.3 is 12.0 Å². The first-order chi connectivity index (χ1) is 10.5. The fraction of sp³-hybridized carbons (Fsp3) is 0.357. The van der Waals surface area contributed by atoms with E-state index in [1.807, 2.05) is 5.32 Å². The van der Waals surface area contributed by atoms with Crippen molar-refractivity contribution in [3.05, 3.63) is 29.8 Å². The molecular weight excluding hydrogens is 324 g/mol. The summed E-state index contributed by atoms with van der Waals surface area (Å²) < 4.78 is 28.5. The van der Waals surface area contributed by atoms with E-state index in [0.717, 1.165) is 6.26 Å². The van der Waals surface area contributed by atoms with Crippen molar-refractivity contribution in [2.45, 2.75) is 24.8 Å². The lowest BCUT2D eigenvalue weighted by molar-refractivity contribution is -0.130. The average molecular weight is 342 g/mol. The lowest BCUT2D eigenvalue weighted by Crippen LogP contribution is -2.45. The van der Waals surface area contributed by atoms with Crippen LogP contribution in [0.15, 0.2) is 29.2 Å². The van der Waals surface area contributed by atoms with E-state index in [4.69, 9.17) is 10.5 Å². The Labute approximate surface area is 133 Å². The van der Waals surface area contributed by atoms with Crippen molar-refractivity contribution in [1.29, 1.82) is 0 Å². The third-order valence-corrected chi connectivity index (χ3v) is 4.01. The molecule has 0 aliphatic rings. The SMILES string of the molecule is CC(C)[C@H](OC(=O)c1ccccc1S(C)(=O)=O)C(=O)NC(N)=O. The highest BCUT2D eigenvalue weighted by molar-refractivity contribution is 7.90. The Morgan fingerprint density at radius 3 is 2.22 bits per heavy atom.